The van der Waals surface area contributed by atoms with Crippen LogP contribution in [0.1, 0.15) is 10.4 Å². The lowest BCUT2D eigenvalue weighted by atomic mass is 10.2. The minimum absolute atomic E-state index is 0.0471. The predicted molar refractivity (Wildman–Crippen MR) is 76.5 cm³/mol. The molecule has 20 heavy (non-hydrogen) atoms. The standard InChI is InChI=1S/C14H10F2N2OS/c15-10-4-6-12(7-5-10)17-14(20)18-13(19)9-2-1-3-11(16)8-9/h1-8H,(H2,17,18,19,20). The summed E-state index contributed by atoms with van der Waals surface area (Å²) in [4.78, 5) is 11.8. The van der Waals surface area contributed by atoms with Crippen molar-refractivity contribution in [3.8, 4) is 0 Å². The highest BCUT2D eigenvalue weighted by molar-refractivity contribution is 7.80. The summed E-state index contributed by atoms with van der Waals surface area (Å²) in [5.41, 5.74) is 0.698. The molecule has 0 atom stereocenters. The van der Waals surface area contributed by atoms with Gasteiger partial charge < -0.3 is 5.32 Å². The van der Waals surface area contributed by atoms with Crippen molar-refractivity contribution in [3.63, 3.8) is 0 Å². The fourth-order valence-electron chi connectivity index (χ4n) is 1.50. The molecule has 2 rings (SSSR count). The molecule has 2 aromatic carbocycles. The molecule has 0 aliphatic rings. The van der Waals surface area contributed by atoms with Crippen molar-refractivity contribution in [2.45, 2.75) is 0 Å². The minimum atomic E-state index is -0.524. The number of amides is 1. The van der Waals surface area contributed by atoms with Crippen LogP contribution >= 0.6 is 12.2 Å². The van der Waals surface area contributed by atoms with Crippen molar-refractivity contribution < 1.29 is 13.6 Å². The molecule has 0 spiro atoms. The lowest BCUT2D eigenvalue weighted by Gasteiger charge is -2.09. The Morgan fingerprint density at radius 3 is 2.35 bits per heavy atom. The Bertz CT molecular complexity index is 644. The van der Waals surface area contributed by atoms with Gasteiger partial charge in [-0.05, 0) is 54.7 Å². The lowest BCUT2D eigenvalue weighted by molar-refractivity contribution is 0.0977. The summed E-state index contributed by atoms with van der Waals surface area (Å²) in [5.74, 6) is -1.40. The van der Waals surface area contributed by atoms with E-state index in [0.717, 1.165) is 6.07 Å². The molecule has 0 aliphatic heterocycles. The van der Waals surface area contributed by atoms with Crippen molar-refractivity contribution in [2.24, 2.45) is 0 Å². The second-order valence-corrected chi connectivity index (χ2v) is 4.33. The van der Waals surface area contributed by atoms with Crippen LogP contribution in [0.4, 0.5) is 14.5 Å². The largest absolute Gasteiger partial charge is 0.332 e. The summed E-state index contributed by atoms with van der Waals surface area (Å²) in [6.45, 7) is 0. The van der Waals surface area contributed by atoms with Crippen LogP contribution < -0.4 is 10.6 Å². The number of carbonyl (C=O) groups excluding carboxylic acids is 1. The number of benzene rings is 2. The zero-order valence-corrected chi connectivity index (χ0v) is 11.0. The molecule has 2 aromatic rings. The summed E-state index contributed by atoms with van der Waals surface area (Å²) < 4.78 is 25.7. The number of anilines is 1. The Kier molecular flexibility index (Phi) is 4.37. The molecule has 3 nitrogen and oxygen atoms in total. The molecule has 6 heteroatoms. The molecular weight excluding hydrogens is 282 g/mol. The molecule has 0 bridgehead atoms. The van der Waals surface area contributed by atoms with Gasteiger partial charge in [-0.15, -0.1) is 0 Å². The van der Waals surface area contributed by atoms with Crippen molar-refractivity contribution in [3.05, 3.63) is 65.7 Å². The SMILES string of the molecule is O=C(NC(=S)Nc1ccc(F)cc1)c1cccc(F)c1. The third-order valence-corrected chi connectivity index (χ3v) is 2.62. The van der Waals surface area contributed by atoms with Gasteiger partial charge in [0, 0.05) is 11.3 Å². The number of thiocarbonyl (C=S) groups is 1. The van der Waals surface area contributed by atoms with Gasteiger partial charge in [0.25, 0.3) is 5.91 Å². The van der Waals surface area contributed by atoms with E-state index in [1.54, 1.807) is 0 Å². The molecule has 0 aliphatic carbocycles. The summed E-state index contributed by atoms with van der Waals surface area (Å²) in [5, 5.41) is 5.18. The van der Waals surface area contributed by atoms with Gasteiger partial charge in [-0.3, -0.25) is 10.1 Å². The van der Waals surface area contributed by atoms with Gasteiger partial charge in [0.1, 0.15) is 11.6 Å². The van der Waals surface area contributed by atoms with Crippen LogP contribution in [-0.4, -0.2) is 11.0 Å². The minimum Gasteiger partial charge on any atom is -0.332 e. The number of hydrogen-bond donors (Lipinski definition) is 2. The van der Waals surface area contributed by atoms with Crippen LogP contribution in [-0.2, 0) is 0 Å². The highest BCUT2D eigenvalue weighted by Crippen LogP contribution is 2.08. The second kappa shape index (κ2) is 6.21. The van der Waals surface area contributed by atoms with Gasteiger partial charge in [-0.1, -0.05) is 6.07 Å². The van der Waals surface area contributed by atoms with E-state index in [4.69, 9.17) is 12.2 Å². The van der Waals surface area contributed by atoms with E-state index in [2.05, 4.69) is 10.6 Å². The fourth-order valence-corrected chi connectivity index (χ4v) is 1.71. The molecule has 1 amide bonds. The van der Waals surface area contributed by atoms with E-state index >= 15 is 0 Å². The first-order valence-electron chi connectivity index (χ1n) is 5.68. The number of rotatable bonds is 2. The van der Waals surface area contributed by atoms with Crippen molar-refractivity contribution >= 4 is 28.9 Å². The highest BCUT2D eigenvalue weighted by Gasteiger charge is 2.08. The average Bonchev–Trinajstić information content (AvgIpc) is 2.41. The molecule has 0 saturated carbocycles. The molecule has 0 heterocycles. The maximum atomic E-state index is 13.0. The predicted octanol–water partition coefficient (Wildman–Crippen LogP) is 3.09. The second-order valence-electron chi connectivity index (χ2n) is 3.93. The Morgan fingerprint density at radius 2 is 1.70 bits per heavy atom. The molecule has 0 unspecified atom stereocenters. The summed E-state index contributed by atoms with van der Waals surface area (Å²) >= 11 is 4.95. The van der Waals surface area contributed by atoms with Crippen molar-refractivity contribution in [1.82, 2.24) is 5.32 Å². The molecule has 0 aromatic heterocycles. The number of carbonyl (C=O) groups is 1. The zero-order valence-electron chi connectivity index (χ0n) is 10.2. The third kappa shape index (κ3) is 3.83. The van der Waals surface area contributed by atoms with E-state index < -0.39 is 11.7 Å². The zero-order chi connectivity index (χ0) is 14.5. The van der Waals surface area contributed by atoms with E-state index in [9.17, 15) is 13.6 Å². The maximum absolute atomic E-state index is 13.0. The molecule has 0 radical (unpaired) electrons. The fraction of sp³-hybridized carbons (Fsp3) is 0. The van der Waals surface area contributed by atoms with Gasteiger partial charge in [-0.2, -0.15) is 0 Å². The Labute approximate surface area is 119 Å². The maximum Gasteiger partial charge on any atom is 0.257 e. The van der Waals surface area contributed by atoms with E-state index in [0.29, 0.717) is 5.69 Å². The molecule has 0 fully saturated rings. The first kappa shape index (κ1) is 14.1. The summed E-state index contributed by atoms with van der Waals surface area (Å²) in [7, 11) is 0. The molecule has 0 saturated heterocycles. The normalized spacial score (nSPS) is 9.90. The first-order chi connectivity index (χ1) is 9.54. The molecular formula is C14H10F2N2OS. The average molecular weight is 292 g/mol. The number of hydrogen-bond acceptors (Lipinski definition) is 2. The smallest absolute Gasteiger partial charge is 0.257 e. The van der Waals surface area contributed by atoms with Crippen LogP contribution in [0.2, 0.25) is 0 Å². The van der Waals surface area contributed by atoms with E-state index in [-0.39, 0.29) is 16.5 Å². The summed E-state index contributed by atoms with van der Waals surface area (Å²) in [6, 6.07) is 10.7. The Morgan fingerprint density at radius 1 is 1.00 bits per heavy atom. The van der Waals surface area contributed by atoms with Crippen molar-refractivity contribution in [2.75, 3.05) is 5.32 Å². The third-order valence-electron chi connectivity index (χ3n) is 2.42. The molecule has 102 valence electrons. The first-order valence-corrected chi connectivity index (χ1v) is 6.09. The van der Waals surface area contributed by atoms with Crippen LogP contribution in [0.25, 0.3) is 0 Å². The van der Waals surface area contributed by atoms with Gasteiger partial charge in [-0.25, -0.2) is 8.78 Å². The van der Waals surface area contributed by atoms with Crippen LogP contribution in [0, 0.1) is 11.6 Å². The number of halogens is 2. The Balaban J connectivity index is 1.97. The highest BCUT2D eigenvalue weighted by atomic mass is 32.1. The van der Waals surface area contributed by atoms with Gasteiger partial charge in [0.05, 0.1) is 0 Å². The Hall–Kier alpha value is -2.34. The lowest BCUT2D eigenvalue weighted by Crippen LogP contribution is -2.34. The number of nitrogens with one attached hydrogen (secondary N) is 2. The van der Waals surface area contributed by atoms with Crippen LogP contribution in [0.3, 0.4) is 0 Å². The van der Waals surface area contributed by atoms with Crippen LogP contribution in [0.15, 0.2) is 48.5 Å². The summed E-state index contributed by atoms with van der Waals surface area (Å²) in [6.07, 6.45) is 0. The van der Waals surface area contributed by atoms with Gasteiger partial charge in [0.15, 0.2) is 5.11 Å². The van der Waals surface area contributed by atoms with Crippen LogP contribution in [0.5, 0.6) is 0 Å². The van der Waals surface area contributed by atoms with Gasteiger partial charge >= 0.3 is 0 Å². The monoisotopic (exact) mass is 292 g/mol. The van der Waals surface area contributed by atoms with E-state index in [1.807, 2.05) is 0 Å². The van der Waals surface area contributed by atoms with E-state index in [1.165, 1.54) is 42.5 Å². The van der Waals surface area contributed by atoms with Gasteiger partial charge in [0.2, 0.25) is 0 Å². The van der Waals surface area contributed by atoms with Crippen molar-refractivity contribution in [1.29, 1.82) is 0 Å². The quantitative estimate of drug-likeness (QED) is 0.836. The molecule has 2 N–H and O–H groups in total. The topological polar surface area (TPSA) is 41.1 Å².